The number of aryl methyl sites for hydroxylation is 1. The van der Waals surface area contributed by atoms with Gasteiger partial charge in [0.05, 0.1) is 12.3 Å². The zero-order valence-corrected chi connectivity index (χ0v) is 11.3. The molecule has 1 aromatic carbocycles. The first-order chi connectivity index (χ1) is 8.92. The molecule has 3 N–H and O–H groups in total. The van der Waals surface area contributed by atoms with Crippen molar-refractivity contribution < 1.29 is 8.42 Å². The molecule has 19 heavy (non-hydrogen) atoms. The molecule has 1 heterocycles. The summed E-state index contributed by atoms with van der Waals surface area (Å²) in [6.45, 7) is 0.558. The summed E-state index contributed by atoms with van der Waals surface area (Å²) in [4.78, 5) is 0. The van der Waals surface area contributed by atoms with Crippen molar-refractivity contribution in [2.45, 2.75) is 12.3 Å². The van der Waals surface area contributed by atoms with Gasteiger partial charge in [0.1, 0.15) is 5.69 Å². The quantitative estimate of drug-likeness (QED) is 0.816. The third-order valence-corrected chi connectivity index (χ3v) is 3.18. The van der Waals surface area contributed by atoms with Crippen LogP contribution in [0.15, 0.2) is 30.5 Å². The lowest BCUT2D eigenvalue weighted by atomic mass is 10.2. The molecule has 1 aromatic heterocycles. The SMILES string of the molecule is Cn1cc(CNc2ccc(CS(N)(=O)=O)cc2)nn1. The first-order valence-corrected chi connectivity index (χ1v) is 7.32. The van der Waals surface area contributed by atoms with Gasteiger partial charge in [0.25, 0.3) is 0 Å². The topological polar surface area (TPSA) is 103 Å². The van der Waals surface area contributed by atoms with E-state index in [9.17, 15) is 8.42 Å². The molecular weight excluding hydrogens is 266 g/mol. The van der Waals surface area contributed by atoms with E-state index in [1.165, 1.54) is 0 Å². The second kappa shape index (κ2) is 5.37. The Hall–Kier alpha value is -1.93. The molecule has 2 rings (SSSR count). The fourth-order valence-electron chi connectivity index (χ4n) is 1.62. The molecule has 0 amide bonds. The molecular formula is C11H15N5O2S. The lowest BCUT2D eigenvalue weighted by Crippen LogP contribution is -2.14. The second-order valence-electron chi connectivity index (χ2n) is 4.24. The summed E-state index contributed by atoms with van der Waals surface area (Å²) in [6.07, 6.45) is 1.82. The van der Waals surface area contributed by atoms with Gasteiger partial charge in [0.15, 0.2) is 0 Å². The number of nitrogens with zero attached hydrogens (tertiary/aromatic N) is 3. The van der Waals surface area contributed by atoms with Crippen molar-refractivity contribution in [3.8, 4) is 0 Å². The molecule has 0 radical (unpaired) electrons. The molecule has 102 valence electrons. The lowest BCUT2D eigenvalue weighted by molar-refractivity contribution is 0.597. The van der Waals surface area contributed by atoms with Crippen molar-refractivity contribution in [3.05, 3.63) is 41.7 Å². The predicted molar refractivity (Wildman–Crippen MR) is 71.6 cm³/mol. The summed E-state index contributed by atoms with van der Waals surface area (Å²) in [5.74, 6) is -0.155. The monoisotopic (exact) mass is 281 g/mol. The highest BCUT2D eigenvalue weighted by Gasteiger charge is 2.04. The van der Waals surface area contributed by atoms with E-state index in [1.54, 1.807) is 36.0 Å². The van der Waals surface area contributed by atoms with Crippen molar-refractivity contribution in [1.29, 1.82) is 0 Å². The fraction of sp³-hybridized carbons (Fsp3) is 0.273. The van der Waals surface area contributed by atoms with Crippen molar-refractivity contribution >= 4 is 15.7 Å². The van der Waals surface area contributed by atoms with E-state index in [4.69, 9.17) is 5.14 Å². The Labute approximate surface area is 111 Å². The normalized spacial score (nSPS) is 11.5. The molecule has 0 atom stereocenters. The van der Waals surface area contributed by atoms with Crippen LogP contribution in [0.25, 0.3) is 0 Å². The number of aromatic nitrogens is 3. The van der Waals surface area contributed by atoms with E-state index in [0.717, 1.165) is 11.4 Å². The zero-order chi connectivity index (χ0) is 13.9. The predicted octanol–water partition coefficient (Wildman–Crippen LogP) is 0.216. The summed E-state index contributed by atoms with van der Waals surface area (Å²) in [7, 11) is -1.68. The number of hydrogen-bond donors (Lipinski definition) is 2. The molecule has 0 aliphatic rings. The van der Waals surface area contributed by atoms with Crippen LogP contribution in [0.2, 0.25) is 0 Å². The van der Waals surface area contributed by atoms with Gasteiger partial charge < -0.3 is 5.32 Å². The Morgan fingerprint density at radius 1 is 1.32 bits per heavy atom. The van der Waals surface area contributed by atoms with E-state index in [1.807, 2.05) is 6.20 Å². The summed E-state index contributed by atoms with van der Waals surface area (Å²) in [6, 6.07) is 7.06. The van der Waals surface area contributed by atoms with Gasteiger partial charge in [-0.1, -0.05) is 17.3 Å². The molecule has 0 aliphatic carbocycles. The highest BCUT2D eigenvalue weighted by Crippen LogP contribution is 2.12. The lowest BCUT2D eigenvalue weighted by Gasteiger charge is -2.05. The van der Waals surface area contributed by atoms with Crippen LogP contribution in [0.3, 0.4) is 0 Å². The number of nitrogens with two attached hydrogens (primary N) is 1. The summed E-state index contributed by atoms with van der Waals surface area (Å²) >= 11 is 0. The van der Waals surface area contributed by atoms with Gasteiger partial charge in [-0.05, 0) is 17.7 Å². The fourth-order valence-corrected chi connectivity index (χ4v) is 2.28. The first kappa shape index (κ1) is 13.5. The van der Waals surface area contributed by atoms with E-state index in [2.05, 4.69) is 15.6 Å². The molecule has 0 fully saturated rings. The maximum absolute atomic E-state index is 10.9. The highest BCUT2D eigenvalue weighted by molar-refractivity contribution is 7.88. The largest absolute Gasteiger partial charge is 0.379 e. The molecule has 0 aliphatic heterocycles. The number of sulfonamides is 1. The molecule has 7 nitrogen and oxygen atoms in total. The number of benzene rings is 1. The van der Waals surface area contributed by atoms with Crippen LogP contribution in [-0.4, -0.2) is 23.4 Å². The Bertz CT molecular complexity index is 648. The molecule has 8 heteroatoms. The number of hydrogen-bond acceptors (Lipinski definition) is 5. The Morgan fingerprint density at radius 3 is 2.53 bits per heavy atom. The molecule has 0 unspecified atom stereocenters. The second-order valence-corrected chi connectivity index (χ2v) is 5.86. The van der Waals surface area contributed by atoms with Crippen molar-refractivity contribution in [1.82, 2.24) is 15.0 Å². The van der Waals surface area contributed by atoms with Crippen LogP contribution in [0.1, 0.15) is 11.3 Å². The minimum atomic E-state index is -3.48. The number of primary sulfonamides is 1. The van der Waals surface area contributed by atoms with Crippen LogP contribution in [0, 0.1) is 0 Å². The number of anilines is 1. The maximum Gasteiger partial charge on any atom is 0.213 e. The average Bonchev–Trinajstić information content (AvgIpc) is 2.72. The van der Waals surface area contributed by atoms with Crippen LogP contribution in [0.4, 0.5) is 5.69 Å². The minimum absolute atomic E-state index is 0.155. The van der Waals surface area contributed by atoms with Crippen molar-refractivity contribution in [2.24, 2.45) is 12.2 Å². The third kappa shape index (κ3) is 4.34. The summed E-state index contributed by atoms with van der Waals surface area (Å²) in [5, 5.41) is 15.9. The maximum atomic E-state index is 10.9. The van der Waals surface area contributed by atoms with Gasteiger partial charge in [-0.2, -0.15) is 0 Å². The number of rotatable bonds is 5. The van der Waals surface area contributed by atoms with E-state index in [-0.39, 0.29) is 5.75 Å². The molecule has 0 spiro atoms. The molecule has 2 aromatic rings. The van der Waals surface area contributed by atoms with Crippen LogP contribution < -0.4 is 10.5 Å². The van der Waals surface area contributed by atoms with Gasteiger partial charge in [-0.3, -0.25) is 4.68 Å². The number of nitrogens with one attached hydrogen (secondary N) is 1. The summed E-state index contributed by atoms with van der Waals surface area (Å²) < 4.78 is 23.5. The van der Waals surface area contributed by atoms with Gasteiger partial charge in [0.2, 0.25) is 10.0 Å². The smallest absolute Gasteiger partial charge is 0.213 e. The molecule has 0 saturated heterocycles. The molecule has 0 saturated carbocycles. The van der Waals surface area contributed by atoms with Crippen LogP contribution in [-0.2, 0) is 29.4 Å². The van der Waals surface area contributed by atoms with Crippen molar-refractivity contribution in [2.75, 3.05) is 5.32 Å². The Balaban J connectivity index is 1.95. The van der Waals surface area contributed by atoms with Crippen LogP contribution in [0.5, 0.6) is 0 Å². The minimum Gasteiger partial charge on any atom is -0.379 e. The Morgan fingerprint density at radius 2 is 2.00 bits per heavy atom. The van der Waals surface area contributed by atoms with Gasteiger partial charge >= 0.3 is 0 Å². The first-order valence-electron chi connectivity index (χ1n) is 5.61. The Kier molecular flexibility index (Phi) is 3.82. The zero-order valence-electron chi connectivity index (χ0n) is 10.4. The van der Waals surface area contributed by atoms with E-state index < -0.39 is 10.0 Å². The average molecular weight is 281 g/mol. The summed E-state index contributed by atoms with van der Waals surface area (Å²) in [5.41, 5.74) is 2.37. The van der Waals surface area contributed by atoms with Gasteiger partial charge in [-0.25, -0.2) is 13.6 Å². The standard InChI is InChI=1S/C11H15N5O2S/c1-16-7-11(14-15-16)6-13-10-4-2-9(3-5-10)8-19(12,17)18/h2-5,7,13H,6,8H2,1H3,(H2,12,17,18). The van der Waals surface area contributed by atoms with E-state index in [0.29, 0.717) is 12.1 Å². The van der Waals surface area contributed by atoms with Gasteiger partial charge in [0, 0.05) is 18.9 Å². The van der Waals surface area contributed by atoms with E-state index >= 15 is 0 Å². The molecule has 0 bridgehead atoms. The third-order valence-electron chi connectivity index (χ3n) is 2.45. The highest BCUT2D eigenvalue weighted by atomic mass is 32.2. The van der Waals surface area contributed by atoms with Crippen molar-refractivity contribution in [3.63, 3.8) is 0 Å². The van der Waals surface area contributed by atoms with Gasteiger partial charge in [-0.15, -0.1) is 5.10 Å². The van der Waals surface area contributed by atoms with Crippen LogP contribution >= 0.6 is 0 Å².